The first-order valence-corrected chi connectivity index (χ1v) is 10.5. The molecular formula is C19H29N3O4S. The first-order chi connectivity index (χ1) is 12.7. The third kappa shape index (κ3) is 5.57. The van der Waals surface area contributed by atoms with Gasteiger partial charge in [0.15, 0.2) is 5.16 Å². The summed E-state index contributed by atoms with van der Waals surface area (Å²) < 4.78 is 10.7. The van der Waals surface area contributed by atoms with Crippen molar-refractivity contribution in [3.8, 4) is 0 Å². The van der Waals surface area contributed by atoms with E-state index >= 15 is 0 Å². The van der Waals surface area contributed by atoms with E-state index in [1.165, 1.54) is 11.8 Å². The molecule has 0 atom stereocenters. The van der Waals surface area contributed by atoms with E-state index in [1.807, 2.05) is 34.0 Å². The number of esters is 1. The van der Waals surface area contributed by atoms with Gasteiger partial charge in [-0.15, -0.1) is 0 Å². The molecule has 0 radical (unpaired) electrons. The largest absolute Gasteiger partial charge is 0.462 e. The van der Waals surface area contributed by atoms with E-state index in [0.717, 1.165) is 18.5 Å². The number of hydrogen-bond acceptors (Lipinski definition) is 7. The number of amides is 1. The fourth-order valence-electron chi connectivity index (χ4n) is 3.07. The van der Waals surface area contributed by atoms with Crippen LogP contribution in [0.25, 0.3) is 0 Å². The minimum Gasteiger partial charge on any atom is -0.462 e. The van der Waals surface area contributed by atoms with Gasteiger partial charge in [-0.05, 0) is 53.7 Å². The first kappa shape index (κ1) is 21.5. The maximum atomic E-state index is 12.5. The Bertz CT molecular complexity index is 695. The SMILES string of the molecule is CCOC(=O)c1c(C)nc(SC)nc1C1CCN(C(=O)OC(C)(C)C)CC1. The quantitative estimate of drug-likeness (QED) is 0.436. The highest BCUT2D eigenvalue weighted by molar-refractivity contribution is 7.98. The molecule has 0 bridgehead atoms. The number of likely N-dealkylation sites (tertiary alicyclic amines) is 1. The number of aryl methyl sites for hydroxylation is 1. The van der Waals surface area contributed by atoms with Crippen LogP contribution in [-0.4, -0.2) is 58.5 Å². The molecule has 1 aliphatic rings. The Morgan fingerprint density at radius 3 is 2.37 bits per heavy atom. The van der Waals surface area contributed by atoms with Crippen LogP contribution in [0.15, 0.2) is 5.16 Å². The van der Waals surface area contributed by atoms with Crippen LogP contribution in [-0.2, 0) is 9.47 Å². The predicted molar refractivity (Wildman–Crippen MR) is 104 cm³/mol. The Labute approximate surface area is 165 Å². The first-order valence-electron chi connectivity index (χ1n) is 9.23. The second kappa shape index (κ2) is 8.91. The molecule has 1 amide bonds. The van der Waals surface area contributed by atoms with Gasteiger partial charge >= 0.3 is 12.1 Å². The van der Waals surface area contributed by atoms with Gasteiger partial charge < -0.3 is 14.4 Å². The second-order valence-electron chi connectivity index (χ2n) is 7.52. The van der Waals surface area contributed by atoms with Gasteiger partial charge in [0.25, 0.3) is 0 Å². The molecule has 8 heteroatoms. The van der Waals surface area contributed by atoms with E-state index in [9.17, 15) is 9.59 Å². The average molecular weight is 396 g/mol. The fraction of sp³-hybridized carbons (Fsp3) is 0.684. The number of carbonyl (C=O) groups excluding carboxylic acids is 2. The summed E-state index contributed by atoms with van der Waals surface area (Å²) in [6.45, 7) is 10.6. The van der Waals surface area contributed by atoms with Crippen molar-refractivity contribution in [2.75, 3.05) is 26.0 Å². The maximum absolute atomic E-state index is 12.5. The molecule has 0 N–H and O–H groups in total. The molecule has 0 aliphatic carbocycles. The number of aromatic nitrogens is 2. The van der Waals surface area contributed by atoms with Crippen LogP contribution in [0.4, 0.5) is 4.79 Å². The molecule has 2 rings (SSSR count). The monoisotopic (exact) mass is 395 g/mol. The van der Waals surface area contributed by atoms with Gasteiger partial charge in [-0.25, -0.2) is 19.6 Å². The highest BCUT2D eigenvalue weighted by Gasteiger charge is 2.31. The molecule has 1 aromatic heterocycles. The summed E-state index contributed by atoms with van der Waals surface area (Å²) in [6, 6.07) is 0. The zero-order chi connectivity index (χ0) is 20.2. The number of ether oxygens (including phenoxy) is 2. The topological polar surface area (TPSA) is 81.6 Å². The molecule has 0 spiro atoms. The lowest BCUT2D eigenvalue weighted by Gasteiger charge is -2.33. The van der Waals surface area contributed by atoms with Crippen LogP contribution >= 0.6 is 11.8 Å². The van der Waals surface area contributed by atoms with Crippen molar-refractivity contribution in [2.24, 2.45) is 0 Å². The lowest BCUT2D eigenvalue weighted by molar-refractivity contribution is 0.0202. The van der Waals surface area contributed by atoms with Gasteiger partial charge in [-0.1, -0.05) is 11.8 Å². The van der Waals surface area contributed by atoms with Crippen molar-refractivity contribution in [1.29, 1.82) is 0 Å². The predicted octanol–water partition coefficient (Wildman–Crippen LogP) is 3.80. The molecule has 150 valence electrons. The Morgan fingerprint density at radius 1 is 1.22 bits per heavy atom. The van der Waals surface area contributed by atoms with Gasteiger partial charge in [0, 0.05) is 19.0 Å². The summed E-state index contributed by atoms with van der Waals surface area (Å²) in [5.74, 6) is -0.303. The fourth-order valence-corrected chi connectivity index (χ4v) is 3.49. The zero-order valence-electron chi connectivity index (χ0n) is 17.0. The summed E-state index contributed by atoms with van der Waals surface area (Å²) in [5.41, 5.74) is 1.32. The third-order valence-electron chi connectivity index (χ3n) is 4.29. The van der Waals surface area contributed by atoms with Crippen molar-refractivity contribution in [1.82, 2.24) is 14.9 Å². The highest BCUT2D eigenvalue weighted by atomic mass is 32.2. The molecule has 1 aliphatic heterocycles. The number of rotatable bonds is 4. The summed E-state index contributed by atoms with van der Waals surface area (Å²) in [7, 11) is 0. The van der Waals surface area contributed by atoms with Crippen molar-refractivity contribution in [3.05, 3.63) is 17.0 Å². The standard InChI is InChI=1S/C19H29N3O4S/c1-7-25-16(23)14-12(2)20-17(27-6)21-15(14)13-8-10-22(11-9-13)18(24)26-19(3,4)5/h13H,7-11H2,1-6H3. The highest BCUT2D eigenvalue weighted by Crippen LogP contribution is 2.32. The van der Waals surface area contributed by atoms with E-state index in [0.29, 0.717) is 36.1 Å². The van der Waals surface area contributed by atoms with Crippen LogP contribution in [0, 0.1) is 6.92 Å². The lowest BCUT2D eigenvalue weighted by atomic mass is 9.90. The Morgan fingerprint density at radius 2 is 1.85 bits per heavy atom. The van der Waals surface area contributed by atoms with Crippen LogP contribution in [0.2, 0.25) is 0 Å². The normalized spacial score (nSPS) is 15.6. The van der Waals surface area contributed by atoms with Crippen LogP contribution < -0.4 is 0 Å². The number of piperidine rings is 1. The number of hydrogen-bond donors (Lipinski definition) is 0. The van der Waals surface area contributed by atoms with Gasteiger partial charge in [0.1, 0.15) is 11.2 Å². The lowest BCUT2D eigenvalue weighted by Crippen LogP contribution is -2.41. The number of thioether (sulfide) groups is 1. The maximum Gasteiger partial charge on any atom is 0.410 e. The molecule has 7 nitrogen and oxygen atoms in total. The van der Waals surface area contributed by atoms with Gasteiger partial charge in [-0.2, -0.15) is 0 Å². The molecule has 1 aromatic rings. The Hall–Kier alpha value is -1.83. The van der Waals surface area contributed by atoms with E-state index in [-0.39, 0.29) is 18.0 Å². The Kier molecular flexibility index (Phi) is 7.08. The van der Waals surface area contributed by atoms with E-state index < -0.39 is 5.60 Å². The van der Waals surface area contributed by atoms with Crippen molar-refractivity contribution in [3.63, 3.8) is 0 Å². The van der Waals surface area contributed by atoms with Crippen molar-refractivity contribution >= 4 is 23.8 Å². The summed E-state index contributed by atoms with van der Waals surface area (Å²) in [6.07, 6.45) is 3.05. The van der Waals surface area contributed by atoms with Crippen molar-refractivity contribution < 1.29 is 19.1 Å². The molecule has 27 heavy (non-hydrogen) atoms. The van der Waals surface area contributed by atoms with E-state index in [2.05, 4.69) is 9.97 Å². The summed E-state index contributed by atoms with van der Waals surface area (Å²) in [4.78, 5) is 35.5. The minimum absolute atomic E-state index is 0.0793. The second-order valence-corrected chi connectivity index (χ2v) is 8.29. The number of carbonyl (C=O) groups is 2. The van der Waals surface area contributed by atoms with E-state index in [1.54, 1.807) is 11.8 Å². The minimum atomic E-state index is -0.512. The van der Waals surface area contributed by atoms with Crippen LogP contribution in [0.3, 0.4) is 0 Å². The van der Waals surface area contributed by atoms with E-state index in [4.69, 9.17) is 9.47 Å². The molecular weight excluding hydrogens is 366 g/mol. The van der Waals surface area contributed by atoms with Crippen LogP contribution in [0.5, 0.6) is 0 Å². The average Bonchev–Trinajstić information content (AvgIpc) is 2.59. The van der Waals surface area contributed by atoms with Gasteiger partial charge in [0.05, 0.1) is 18.0 Å². The smallest absolute Gasteiger partial charge is 0.410 e. The third-order valence-corrected chi connectivity index (χ3v) is 4.84. The van der Waals surface area contributed by atoms with Gasteiger partial charge in [0.2, 0.25) is 0 Å². The van der Waals surface area contributed by atoms with Gasteiger partial charge in [-0.3, -0.25) is 0 Å². The summed E-state index contributed by atoms with van der Waals surface area (Å²) >= 11 is 1.45. The molecule has 1 fully saturated rings. The zero-order valence-corrected chi connectivity index (χ0v) is 17.8. The Balaban J connectivity index is 2.20. The van der Waals surface area contributed by atoms with Crippen molar-refractivity contribution in [2.45, 2.75) is 64.1 Å². The molecule has 0 unspecified atom stereocenters. The molecule has 0 aromatic carbocycles. The van der Waals surface area contributed by atoms with Crippen LogP contribution in [0.1, 0.15) is 68.2 Å². The number of nitrogens with zero attached hydrogens (tertiary/aromatic N) is 3. The summed E-state index contributed by atoms with van der Waals surface area (Å²) in [5, 5.41) is 0.644. The molecule has 2 heterocycles. The molecule has 1 saturated heterocycles. The molecule has 0 saturated carbocycles.